The second-order valence-corrected chi connectivity index (χ2v) is 9.12. The third-order valence-electron chi connectivity index (χ3n) is 5.04. The Kier molecular flexibility index (Phi) is 8.78. The van der Waals surface area contributed by atoms with E-state index in [0.29, 0.717) is 37.0 Å². The van der Waals surface area contributed by atoms with Gasteiger partial charge in [-0.05, 0) is 56.5 Å². The van der Waals surface area contributed by atoms with Gasteiger partial charge in [0.15, 0.2) is 5.17 Å². The van der Waals surface area contributed by atoms with Gasteiger partial charge in [0.25, 0.3) is 5.69 Å². The molecule has 0 bridgehead atoms. The summed E-state index contributed by atoms with van der Waals surface area (Å²) >= 11 is 1.26. The highest BCUT2D eigenvalue weighted by molar-refractivity contribution is 8.15. The molecule has 3 rings (SSSR count). The molecule has 0 aliphatic carbocycles. The maximum atomic E-state index is 13.1. The third-order valence-corrected chi connectivity index (χ3v) is 6.21. The first-order valence-electron chi connectivity index (χ1n) is 11.0. The zero-order valence-electron chi connectivity index (χ0n) is 19.4. The molecule has 2 aromatic carbocycles. The molecule has 1 saturated heterocycles. The van der Waals surface area contributed by atoms with Gasteiger partial charge in [-0.3, -0.25) is 24.6 Å². The van der Waals surface area contributed by atoms with E-state index in [1.54, 1.807) is 11.0 Å². The molecule has 2 aromatic rings. The average molecular weight is 485 g/mol. The fourth-order valence-electron chi connectivity index (χ4n) is 3.60. The van der Waals surface area contributed by atoms with Crippen LogP contribution in [0.25, 0.3) is 0 Å². The van der Waals surface area contributed by atoms with Gasteiger partial charge in [0, 0.05) is 44.0 Å². The number of hydrogen-bond acceptors (Lipinski definition) is 7. The molecule has 1 heterocycles. The maximum absolute atomic E-state index is 13.1. The number of aryl methyl sites for hydroxylation is 2. The number of thioether (sulfide) groups is 1. The molecule has 1 aliphatic rings. The Morgan fingerprint density at radius 2 is 1.97 bits per heavy atom. The standard InChI is InChI=1S/C24H28N4O5S/c1-4-33-10-6-9-27-23(30)21(34-24(27)26-19-12-16(2)11-17(3)13-19)15-22(29)25-18-7-5-8-20(14-18)28(31)32/h5,7-8,11-14,21H,4,6,9-10,15H2,1-3H3,(H,25,29)/t21-/m0/s1. The zero-order valence-corrected chi connectivity index (χ0v) is 20.3. The first kappa shape index (κ1) is 25.4. The summed E-state index contributed by atoms with van der Waals surface area (Å²) in [6, 6.07) is 11.7. The van der Waals surface area contributed by atoms with Crippen LogP contribution in [0.4, 0.5) is 17.1 Å². The van der Waals surface area contributed by atoms with E-state index in [4.69, 9.17) is 9.73 Å². The number of amides is 2. The van der Waals surface area contributed by atoms with Gasteiger partial charge in [0.1, 0.15) is 5.25 Å². The molecule has 1 N–H and O–H groups in total. The highest BCUT2D eigenvalue weighted by Crippen LogP contribution is 2.32. The summed E-state index contributed by atoms with van der Waals surface area (Å²) in [5.74, 6) is -0.577. The van der Waals surface area contributed by atoms with Gasteiger partial charge in [-0.2, -0.15) is 0 Å². The van der Waals surface area contributed by atoms with Gasteiger partial charge >= 0.3 is 0 Å². The van der Waals surface area contributed by atoms with E-state index in [1.807, 2.05) is 32.9 Å². The number of nitrogens with zero attached hydrogens (tertiary/aromatic N) is 3. The summed E-state index contributed by atoms with van der Waals surface area (Å²) in [6.07, 6.45) is 0.582. The molecule has 0 aromatic heterocycles. The normalized spacial score (nSPS) is 16.8. The molecule has 10 heteroatoms. The molecule has 9 nitrogen and oxygen atoms in total. The number of amidine groups is 1. The van der Waals surface area contributed by atoms with Crippen LogP contribution in [0.2, 0.25) is 0 Å². The Morgan fingerprint density at radius 3 is 2.65 bits per heavy atom. The molecule has 0 unspecified atom stereocenters. The number of nitro benzene ring substituents is 1. The number of hydrogen-bond donors (Lipinski definition) is 1. The van der Waals surface area contributed by atoms with Crippen molar-refractivity contribution in [3.8, 4) is 0 Å². The largest absolute Gasteiger partial charge is 0.382 e. The predicted octanol–water partition coefficient (Wildman–Crippen LogP) is 4.60. The highest BCUT2D eigenvalue weighted by atomic mass is 32.2. The van der Waals surface area contributed by atoms with Crippen molar-refractivity contribution in [1.82, 2.24) is 4.90 Å². The molecule has 180 valence electrons. The van der Waals surface area contributed by atoms with Crippen LogP contribution < -0.4 is 5.32 Å². The summed E-state index contributed by atoms with van der Waals surface area (Å²) < 4.78 is 5.40. The van der Waals surface area contributed by atoms with E-state index in [-0.39, 0.29) is 18.0 Å². The van der Waals surface area contributed by atoms with E-state index in [9.17, 15) is 19.7 Å². The summed E-state index contributed by atoms with van der Waals surface area (Å²) in [4.78, 5) is 42.6. The van der Waals surface area contributed by atoms with Crippen LogP contribution in [0.15, 0.2) is 47.5 Å². The van der Waals surface area contributed by atoms with E-state index in [2.05, 4.69) is 11.4 Å². The highest BCUT2D eigenvalue weighted by Gasteiger charge is 2.39. The van der Waals surface area contributed by atoms with Gasteiger partial charge < -0.3 is 10.1 Å². The molecule has 0 spiro atoms. The van der Waals surface area contributed by atoms with Crippen LogP contribution in [0.5, 0.6) is 0 Å². The number of nitrogens with one attached hydrogen (secondary N) is 1. The molecule has 1 atom stereocenters. The Hall–Kier alpha value is -3.24. The van der Waals surface area contributed by atoms with Gasteiger partial charge in [-0.1, -0.05) is 23.9 Å². The number of ether oxygens (including phenoxy) is 1. The lowest BCUT2D eigenvalue weighted by Gasteiger charge is -2.16. The van der Waals surface area contributed by atoms with E-state index < -0.39 is 16.1 Å². The fraction of sp³-hybridized carbons (Fsp3) is 0.375. The molecular formula is C24H28N4O5S. The molecule has 0 saturated carbocycles. The van der Waals surface area contributed by atoms with Crippen LogP contribution in [-0.4, -0.2) is 51.8 Å². The first-order chi connectivity index (χ1) is 16.3. The quantitative estimate of drug-likeness (QED) is 0.299. The second-order valence-electron chi connectivity index (χ2n) is 7.95. The minimum Gasteiger partial charge on any atom is -0.382 e. The Bertz CT molecular complexity index is 1080. The van der Waals surface area contributed by atoms with E-state index >= 15 is 0 Å². The van der Waals surface area contributed by atoms with E-state index in [0.717, 1.165) is 16.8 Å². The molecule has 0 radical (unpaired) electrons. The summed E-state index contributed by atoms with van der Waals surface area (Å²) in [7, 11) is 0. The van der Waals surface area contributed by atoms with Crippen molar-refractivity contribution in [2.24, 2.45) is 4.99 Å². The van der Waals surface area contributed by atoms with Crippen LogP contribution in [0.3, 0.4) is 0 Å². The van der Waals surface area contributed by atoms with Crippen molar-refractivity contribution in [1.29, 1.82) is 0 Å². The third kappa shape index (κ3) is 6.88. The lowest BCUT2D eigenvalue weighted by atomic mass is 10.1. The maximum Gasteiger partial charge on any atom is 0.271 e. The van der Waals surface area contributed by atoms with Crippen molar-refractivity contribution in [3.05, 3.63) is 63.7 Å². The number of anilines is 1. The molecule has 1 aliphatic heterocycles. The monoisotopic (exact) mass is 484 g/mol. The number of aliphatic imine (C=N–C) groups is 1. The molecule has 2 amide bonds. The SMILES string of the molecule is CCOCCCN1C(=O)[C@H](CC(=O)Nc2cccc([N+](=O)[O-])c2)SC1=Nc1cc(C)cc(C)c1. The Labute approximate surface area is 202 Å². The van der Waals surface area contributed by atoms with Crippen molar-refractivity contribution in [2.75, 3.05) is 25.1 Å². The van der Waals surface area contributed by atoms with Gasteiger partial charge in [-0.25, -0.2) is 4.99 Å². The van der Waals surface area contributed by atoms with Crippen LogP contribution in [-0.2, 0) is 14.3 Å². The van der Waals surface area contributed by atoms with Crippen molar-refractivity contribution >= 4 is 45.8 Å². The Balaban J connectivity index is 1.75. The summed E-state index contributed by atoms with van der Waals surface area (Å²) in [5, 5.41) is 13.5. The first-order valence-corrected chi connectivity index (χ1v) is 11.9. The number of carbonyl (C=O) groups is 2. The molecule has 1 fully saturated rings. The zero-order chi connectivity index (χ0) is 24.7. The van der Waals surface area contributed by atoms with Crippen molar-refractivity contribution in [3.63, 3.8) is 0 Å². The van der Waals surface area contributed by atoms with Crippen LogP contribution in [0, 0.1) is 24.0 Å². The molecular weight excluding hydrogens is 456 g/mol. The number of nitro groups is 1. The molecule has 34 heavy (non-hydrogen) atoms. The number of non-ortho nitro benzene ring substituents is 1. The topological polar surface area (TPSA) is 114 Å². The van der Waals surface area contributed by atoms with Gasteiger partial charge in [0.05, 0.1) is 10.6 Å². The predicted molar refractivity (Wildman–Crippen MR) is 134 cm³/mol. The Morgan fingerprint density at radius 1 is 1.24 bits per heavy atom. The minimum atomic E-state index is -0.629. The fourth-order valence-corrected chi connectivity index (χ4v) is 4.79. The lowest BCUT2D eigenvalue weighted by molar-refractivity contribution is -0.384. The number of benzene rings is 2. The van der Waals surface area contributed by atoms with Crippen molar-refractivity contribution in [2.45, 2.75) is 38.9 Å². The lowest BCUT2D eigenvalue weighted by Crippen LogP contribution is -2.34. The number of carbonyl (C=O) groups excluding carboxylic acids is 2. The van der Waals surface area contributed by atoms with Gasteiger partial charge in [-0.15, -0.1) is 0 Å². The second kappa shape index (κ2) is 11.8. The smallest absolute Gasteiger partial charge is 0.271 e. The average Bonchev–Trinajstić information content (AvgIpc) is 3.04. The van der Waals surface area contributed by atoms with Crippen molar-refractivity contribution < 1.29 is 19.2 Å². The van der Waals surface area contributed by atoms with Gasteiger partial charge in [0.2, 0.25) is 11.8 Å². The summed E-state index contributed by atoms with van der Waals surface area (Å²) in [6.45, 7) is 7.47. The summed E-state index contributed by atoms with van der Waals surface area (Å²) in [5.41, 5.74) is 3.10. The minimum absolute atomic E-state index is 0.0694. The van der Waals surface area contributed by atoms with E-state index in [1.165, 1.54) is 30.0 Å². The van der Waals surface area contributed by atoms with Crippen LogP contribution in [0.1, 0.15) is 30.9 Å². The number of rotatable bonds is 10. The van der Waals surface area contributed by atoms with Crippen LogP contribution >= 0.6 is 11.8 Å².